The quantitative estimate of drug-likeness (QED) is 0.537. The standard InChI is InChI=1S/C25H31ClN2O3/c1-18-5-4-6-19(2)28(18)15-16-31-24-17-22(12-13-23(24)30-3)27-25(29)14-9-20-7-10-21(26)11-8-20/h7-14,17-19H,4-6,15-16H2,1-3H3,(H,27,29)/b14-9+/t18-,19+. The fourth-order valence-corrected chi connectivity index (χ4v) is 4.10. The second-order valence-electron chi connectivity index (χ2n) is 7.96. The van der Waals surface area contributed by atoms with Crippen LogP contribution in [0.15, 0.2) is 48.5 Å². The minimum Gasteiger partial charge on any atom is -0.493 e. The van der Waals surface area contributed by atoms with E-state index < -0.39 is 0 Å². The lowest BCUT2D eigenvalue weighted by Crippen LogP contribution is -2.45. The fourth-order valence-electron chi connectivity index (χ4n) is 3.97. The van der Waals surface area contributed by atoms with Gasteiger partial charge in [-0.2, -0.15) is 0 Å². The van der Waals surface area contributed by atoms with Gasteiger partial charge in [0.25, 0.3) is 0 Å². The van der Waals surface area contributed by atoms with E-state index in [0.717, 1.165) is 12.1 Å². The number of carbonyl (C=O) groups is 1. The number of amides is 1. The highest BCUT2D eigenvalue weighted by Crippen LogP contribution is 2.30. The van der Waals surface area contributed by atoms with Crippen molar-refractivity contribution in [3.05, 3.63) is 59.1 Å². The van der Waals surface area contributed by atoms with Gasteiger partial charge in [0.1, 0.15) is 6.61 Å². The molecule has 1 aliphatic rings. The molecule has 1 amide bonds. The number of nitrogens with one attached hydrogen (secondary N) is 1. The normalized spacial score (nSPS) is 19.4. The van der Waals surface area contributed by atoms with Gasteiger partial charge in [0.15, 0.2) is 11.5 Å². The first-order valence-electron chi connectivity index (χ1n) is 10.8. The average molecular weight is 443 g/mol. The SMILES string of the molecule is COc1ccc(NC(=O)/C=C/c2ccc(Cl)cc2)cc1OCCN1[C@H](C)CCC[C@@H]1C. The van der Waals surface area contributed by atoms with Gasteiger partial charge in [-0.1, -0.05) is 30.2 Å². The summed E-state index contributed by atoms with van der Waals surface area (Å²) in [4.78, 5) is 14.8. The van der Waals surface area contributed by atoms with Crippen LogP contribution in [-0.2, 0) is 4.79 Å². The summed E-state index contributed by atoms with van der Waals surface area (Å²) in [5.41, 5.74) is 1.56. The summed E-state index contributed by atoms with van der Waals surface area (Å²) in [6.07, 6.45) is 7.00. The van der Waals surface area contributed by atoms with Crippen molar-refractivity contribution in [2.45, 2.75) is 45.2 Å². The molecule has 5 nitrogen and oxygen atoms in total. The van der Waals surface area contributed by atoms with Crippen molar-refractivity contribution in [1.82, 2.24) is 4.90 Å². The fraction of sp³-hybridized carbons (Fsp3) is 0.400. The van der Waals surface area contributed by atoms with Crippen molar-refractivity contribution in [1.29, 1.82) is 0 Å². The second kappa shape index (κ2) is 11.2. The van der Waals surface area contributed by atoms with Gasteiger partial charge in [0, 0.05) is 41.5 Å². The van der Waals surface area contributed by atoms with Gasteiger partial charge in [-0.15, -0.1) is 0 Å². The lowest BCUT2D eigenvalue weighted by Gasteiger charge is -2.38. The van der Waals surface area contributed by atoms with Crippen LogP contribution >= 0.6 is 11.6 Å². The molecule has 3 rings (SSSR count). The summed E-state index contributed by atoms with van der Waals surface area (Å²) in [5.74, 6) is 1.05. The summed E-state index contributed by atoms with van der Waals surface area (Å²) in [5, 5.41) is 3.53. The Morgan fingerprint density at radius 1 is 1.13 bits per heavy atom. The Morgan fingerprint density at radius 3 is 2.52 bits per heavy atom. The molecule has 0 radical (unpaired) electrons. The van der Waals surface area contributed by atoms with Crippen LogP contribution in [0.4, 0.5) is 5.69 Å². The molecule has 0 aromatic heterocycles. The molecular formula is C25H31ClN2O3. The van der Waals surface area contributed by atoms with Gasteiger partial charge in [-0.25, -0.2) is 0 Å². The first kappa shape index (κ1) is 23.2. The summed E-state index contributed by atoms with van der Waals surface area (Å²) in [7, 11) is 1.62. The maximum absolute atomic E-state index is 12.3. The first-order chi connectivity index (χ1) is 15.0. The molecular weight excluding hydrogens is 412 g/mol. The number of anilines is 1. The molecule has 0 unspecified atom stereocenters. The van der Waals surface area contributed by atoms with Crippen LogP contribution < -0.4 is 14.8 Å². The number of benzene rings is 2. The molecule has 166 valence electrons. The van der Waals surface area contributed by atoms with Crippen LogP contribution in [0.3, 0.4) is 0 Å². The molecule has 1 fully saturated rings. The van der Waals surface area contributed by atoms with E-state index in [9.17, 15) is 4.79 Å². The number of rotatable bonds is 8. The van der Waals surface area contributed by atoms with Crippen LogP contribution in [0, 0.1) is 0 Å². The molecule has 0 spiro atoms. The zero-order valence-corrected chi connectivity index (χ0v) is 19.2. The first-order valence-corrected chi connectivity index (χ1v) is 11.2. The highest BCUT2D eigenvalue weighted by Gasteiger charge is 2.24. The Hall–Kier alpha value is -2.50. The van der Waals surface area contributed by atoms with Gasteiger partial charge in [-0.05, 0) is 62.6 Å². The third kappa shape index (κ3) is 6.74. The lowest BCUT2D eigenvalue weighted by molar-refractivity contribution is -0.111. The summed E-state index contributed by atoms with van der Waals surface area (Å²) in [6.45, 7) is 6.00. The Balaban J connectivity index is 1.59. The molecule has 2 atom stereocenters. The zero-order valence-electron chi connectivity index (χ0n) is 18.4. The van der Waals surface area contributed by atoms with Crippen molar-refractivity contribution >= 4 is 29.3 Å². The van der Waals surface area contributed by atoms with Crippen molar-refractivity contribution < 1.29 is 14.3 Å². The van der Waals surface area contributed by atoms with Gasteiger partial charge in [0.2, 0.25) is 5.91 Å². The average Bonchev–Trinajstić information content (AvgIpc) is 2.75. The topological polar surface area (TPSA) is 50.8 Å². The van der Waals surface area contributed by atoms with Crippen molar-refractivity contribution in [3.63, 3.8) is 0 Å². The molecule has 0 saturated carbocycles. The lowest BCUT2D eigenvalue weighted by atomic mass is 9.98. The number of hydrogen-bond acceptors (Lipinski definition) is 4. The summed E-state index contributed by atoms with van der Waals surface area (Å²) in [6, 6.07) is 13.9. The van der Waals surface area contributed by atoms with Gasteiger partial charge >= 0.3 is 0 Å². The smallest absolute Gasteiger partial charge is 0.248 e. The van der Waals surface area contributed by atoms with E-state index in [1.165, 1.54) is 25.3 Å². The molecule has 1 aliphatic heterocycles. The predicted molar refractivity (Wildman–Crippen MR) is 127 cm³/mol. The van der Waals surface area contributed by atoms with Crippen molar-refractivity contribution in [2.24, 2.45) is 0 Å². The van der Waals surface area contributed by atoms with Gasteiger partial charge in [-0.3, -0.25) is 9.69 Å². The Labute approximate surface area is 190 Å². The Morgan fingerprint density at radius 2 is 1.84 bits per heavy atom. The molecule has 2 aromatic rings. The second-order valence-corrected chi connectivity index (χ2v) is 8.39. The third-order valence-corrected chi connectivity index (χ3v) is 5.96. The minimum absolute atomic E-state index is 0.220. The number of carbonyl (C=O) groups excluding carboxylic acids is 1. The monoisotopic (exact) mass is 442 g/mol. The highest BCUT2D eigenvalue weighted by molar-refractivity contribution is 6.30. The highest BCUT2D eigenvalue weighted by atomic mass is 35.5. The van der Waals surface area contributed by atoms with Crippen molar-refractivity contribution in [3.8, 4) is 11.5 Å². The summed E-state index contributed by atoms with van der Waals surface area (Å²) >= 11 is 5.89. The molecule has 0 aliphatic carbocycles. The Kier molecular flexibility index (Phi) is 8.38. The summed E-state index contributed by atoms with van der Waals surface area (Å²) < 4.78 is 11.5. The van der Waals surface area contributed by atoms with Gasteiger partial charge in [0.05, 0.1) is 7.11 Å². The largest absolute Gasteiger partial charge is 0.493 e. The van der Waals surface area contributed by atoms with Crippen LogP contribution in [0.2, 0.25) is 5.02 Å². The molecule has 1 saturated heterocycles. The van der Waals surface area contributed by atoms with Crippen molar-refractivity contribution in [2.75, 3.05) is 25.6 Å². The Bertz CT molecular complexity index is 888. The van der Waals surface area contributed by atoms with E-state index in [0.29, 0.717) is 40.9 Å². The van der Waals surface area contributed by atoms with E-state index in [4.69, 9.17) is 21.1 Å². The van der Waals surface area contributed by atoms with Gasteiger partial charge < -0.3 is 14.8 Å². The number of methoxy groups -OCH3 is 1. The maximum atomic E-state index is 12.3. The molecule has 6 heteroatoms. The number of ether oxygens (including phenoxy) is 2. The third-order valence-electron chi connectivity index (χ3n) is 5.71. The van der Waals surface area contributed by atoms with E-state index in [2.05, 4.69) is 24.1 Å². The molecule has 2 aromatic carbocycles. The molecule has 1 heterocycles. The number of halogens is 1. The molecule has 1 N–H and O–H groups in total. The van der Waals surface area contributed by atoms with E-state index in [1.807, 2.05) is 12.1 Å². The number of piperidine rings is 1. The van der Waals surface area contributed by atoms with Crippen LogP contribution in [0.5, 0.6) is 11.5 Å². The number of nitrogens with zero attached hydrogens (tertiary/aromatic N) is 1. The maximum Gasteiger partial charge on any atom is 0.248 e. The van der Waals surface area contributed by atoms with E-state index >= 15 is 0 Å². The van der Waals surface area contributed by atoms with Crippen LogP contribution in [-0.4, -0.2) is 43.2 Å². The van der Waals surface area contributed by atoms with Crippen LogP contribution in [0.1, 0.15) is 38.7 Å². The molecule has 31 heavy (non-hydrogen) atoms. The van der Waals surface area contributed by atoms with E-state index in [1.54, 1.807) is 43.5 Å². The minimum atomic E-state index is -0.220. The zero-order chi connectivity index (χ0) is 22.2. The predicted octanol–water partition coefficient (Wildman–Crippen LogP) is 5.64. The number of likely N-dealkylation sites (tertiary alicyclic amines) is 1. The van der Waals surface area contributed by atoms with Crippen LogP contribution in [0.25, 0.3) is 6.08 Å². The molecule has 0 bridgehead atoms. The number of hydrogen-bond donors (Lipinski definition) is 1. The van der Waals surface area contributed by atoms with E-state index in [-0.39, 0.29) is 5.91 Å².